The lowest BCUT2D eigenvalue weighted by Crippen LogP contribution is -2.32. The number of aromatic nitrogens is 1. The van der Waals surface area contributed by atoms with Crippen molar-refractivity contribution in [3.63, 3.8) is 0 Å². The molecule has 0 spiro atoms. The Kier molecular flexibility index (Phi) is 6.55. The molecule has 3 heterocycles. The molecule has 3 aromatic rings. The number of ketones is 1. The van der Waals surface area contributed by atoms with Gasteiger partial charge in [0.15, 0.2) is 5.76 Å². The standard InChI is InChI=1S/C24H24N2O4S2/c1-14-10-13-31-21(14)18-17(20(28)24(29)26(18)11-7-12-30-3)19(27)22-15(2)25-23(32-22)16-8-5-4-6-9-16/h4-6,8-10,13,18,28H,7,11-12H2,1-3H3. The molecule has 4 rings (SSSR count). The van der Waals surface area contributed by atoms with Gasteiger partial charge in [0.25, 0.3) is 5.91 Å². The van der Waals surface area contributed by atoms with Crippen molar-refractivity contribution in [2.45, 2.75) is 26.3 Å². The molecule has 32 heavy (non-hydrogen) atoms. The maximum atomic E-state index is 13.7. The highest BCUT2D eigenvalue weighted by Gasteiger charge is 2.45. The van der Waals surface area contributed by atoms with Crippen LogP contribution in [0.3, 0.4) is 0 Å². The summed E-state index contributed by atoms with van der Waals surface area (Å²) in [5.41, 5.74) is 2.62. The number of aliphatic hydroxyl groups is 1. The van der Waals surface area contributed by atoms with Gasteiger partial charge >= 0.3 is 0 Å². The maximum Gasteiger partial charge on any atom is 0.290 e. The molecule has 0 radical (unpaired) electrons. The quantitative estimate of drug-likeness (QED) is 0.367. The van der Waals surface area contributed by atoms with E-state index in [2.05, 4.69) is 4.98 Å². The Labute approximate surface area is 194 Å². The third-order valence-electron chi connectivity index (χ3n) is 5.47. The summed E-state index contributed by atoms with van der Waals surface area (Å²) in [6, 6.07) is 11.0. The maximum absolute atomic E-state index is 13.7. The number of ether oxygens (including phenoxy) is 1. The van der Waals surface area contributed by atoms with E-state index in [1.165, 1.54) is 22.7 Å². The van der Waals surface area contributed by atoms with Gasteiger partial charge in [0.2, 0.25) is 5.78 Å². The molecule has 8 heteroatoms. The minimum atomic E-state index is -0.617. The van der Waals surface area contributed by atoms with Crippen molar-refractivity contribution >= 4 is 34.4 Å². The van der Waals surface area contributed by atoms with Crippen molar-refractivity contribution < 1.29 is 19.4 Å². The van der Waals surface area contributed by atoms with Crippen molar-refractivity contribution in [1.82, 2.24) is 9.88 Å². The first-order chi connectivity index (χ1) is 15.4. The Hall–Kier alpha value is -2.81. The summed E-state index contributed by atoms with van der Waals surface area (Å²) in [6.07, 6.45) is 0.607. The highest BCUT2D eigenvalue weighted by Crippen LogP contribution is 2.43. The molecular formula is C24H24N2O4S2. The van der Waals surface area contributed by atoms with E-state index in [-0.39, 0.29) is 11.4 Å². The number of hydrogen-bond acceptors (Lipinski definition) is 7. The van der Waals surface area contributed by atoms with E-state index in [9.17, 15) is 14.7 Å². The first-order valence-corrected chi connectivity index (χ1v) is 12.0. The van der Waals surface area contributed by atoms with Crippen LogP contribution in [-0.4, -0.2) is 46.9 Å². The van der Waals surface area contributed by atoms with E-state index in [0.717, 1.165) is 21.0 Å². The Balaban J connectivity index is 1.75. The van der Waals surface area contributed by atoms with Crippen LogP contribution in [0.1, 0.15) is 38.3 Å². The van der Waals surface area contributed by atoms with Crippen molar-refractivity contribution in [3.05, 3.63) is 74.1 Å². The first kappa shape index (κ1) is 22.4. The van der Waals surface area contributed by atoms with Gasteiger partial charge in [-0.2, -0.15) is 0 Å². The predicted octanol–water partition coefficient (Wildman–Crippen LogP) is 5.10. The molecule has 0 saturated heterocycles. The zero-order valence-electron chi connectivity index (χ0n) is 18.1. The lowest BCUT2D eigenvalue weighted by atomic mass is 9.98. The Morgan fingerprint density at radius 2 is 1.97 bits per heavy atom. The van der Waals surface area contributed by atoms with Gasteiger partial charge in [-0.3, -0.25) is 9.59 Å². The SMILES string of the molecule is COCCCN1C(=O)C(O)=C(C(=O)c2sc(-c3ccccc3)nc2C)C1c1sccc1C. The minimum Gasteiger partial charge on any atom is -0.503 e. The van der Waals surface area contributed by atoms with Crippen molar-refractivity contribution in [1.29, 1.82) is 0 Å². The number of nitrogens with zero attached hydrogens (tertiary/aromatic N) is 2. The van der Waals surface area contributed by atoms with Crippen LogP contribution >= 0.6 is 22.7 Å². The van der Waals surface area contributed by atoms with Crippen LogP contribution in [0.25, 0.3) is 10.6 Å². The Bertz CT molecular complexity index is 1180. The van der Waals surface area contributed by atoms with Gasteiger partial charge in [-0.05, 0) is 37.3 Å². The van der Waals surface area contributed by atoms with Gasteiger partial charge < -0.3 is 14.7 Å². The normalized spacial score (nSPS) is 16.3. The van der Waals surface area contributed by atoms with Crippen LogP contribution in [0, 0.1) is 13.8 Å². The van der Waals surface area contributed by atoms with Crippen molar-refractivity contribution in [2.75, 3.05) is 20.3 Å². The Morgan fingerprint density at radius 1 is 1.22 bits per heavy atom. The molecule has 0 saturated carbocycles. The zero-order valence-corrected chi connectivity index (χ0v) is 19.8. The number of aryl methyl sites for hydroxylation is 2. The molecule has 0 bridgehead atoms. The second-order valence-electron chi connectivity index (χ2n) is 7.61. The van der Waals surface area contributed by atoms with Gasteiger partial charge in [-0.15, -0.1) is 22.7 Å². The second-order valence-corrected chi connectivity index (χ2v) is 9.55. The number of thiophene rings is 1. The second kappa shape index (κ2) is 9.36. The van der Waals surface area contributed by atoms with E-state index >= 15 is 0 Å². The van der Waals surface area contributed by atoms with Crippen LogP contribution in [0.15, 0.2) is 53.1 Å². The number of hydrogen-bond donors (Lipinski definition) is 1. The number of carbonyl (C=O) groups excluding carboxylic acids is 2. The smallest absolute Gasteiger partial charge is 0.290 e. The molecule has 6 nitrogen and oxygen atoms in total. The highest BCUT2D eigenvalue weighted by atomic mass is 32.1. The first-order valence-electron chi connectivity index (χ1n) is 10.3. The zero-order chi connectivity index (χ0) is 22.8. The van der Waals surface area contributed by atoms with Gasteiger partial charge in [-0.1, -0.05) is 30.3 Å². The summed E-state index contributed by atoms with van der Waals surface area (Å²) in [5, 5.41) is 13.5. The lowest BCUT2D eigenvalue weighted by molar-refractivity contribution is -0.129. The van der Waals surface area contributed by atoms with E-state index in [4.69, 9.17) is 4.74 Å². The summed E-state index contributed by atoms with van der Waals surface area (Å²) < 4.78 is 5.13. The van der Waals surface area contributed by atoms with E-state index in [1.807, 2.05) is 48.7 Å². The van der Waals surface area contributed by atoms with Crippen LogP contribution in [0.4, 0.5) is 0 Å². The number of amides is 1. The number of Topliss-reactive ketones (excluding diaryl/α,β-unsaturated/α-hetero) is 1. The molecule has 1 amide bonds. The fraction of sp³-hybridized carbons (Fsp3) is 0.292. The summed E-state index contributed by atoms with van der Waals surface area (Å²) in [5.74, 6) is -1.34. The Morgan fingerprint density at radius 3 is 2.62 bits per heavy atom. The molecule has 1 aliphatic heterocycles. The monoisotopic (exact) mass is 468 g/mol. The average Bonchev–Trinajstić information content (AvgIpc) is 3.46. The molecule has 0 aliphatic carbocycles. The highest BCUT2D eigenvalue weighted by molar-refractivity contribution is 7.17. The third kappa shape index (κ3) is 4.01. The van der Waals surface area contributed by atoms with Gasteiger partial charge in [-0.25, -0.2) is 4.98 Å². The molecular weight excluding hydrogens is 444 g/mol. The fourth-order valence-electron chi connectivity index (χ4n) is 3.87. The van der Waals surface area contributed by atoms with E-state index in [0.29, 0.717) is 30.1 Å². The number of rotatable bonds is 8. The van der Waals surface area contributed by atoms with E-state index in [1.54, 1.807) is 18.9 Å². The predicted molar refractivity (Wildman–Crippen MR) is 126 cm³/mol. The van der Waals surface area contributed by atoms with Crippen LogP contribution in [0.5, 0.6) is 0 Å². The van der Waals surface area contributed by atoms with Crippen molar-refractivity contribution in [2.24, 2.45) is 0 Å². The van der Waals surface area contributed by atoms with Crippen LogP contribution in [0.2, 0.25) is 0 Å². The molecule has 1 atom stereocenters. The van der Waals surface area contributed by atoms with Gasteiger partial charge in [0.05, 0.1) is 22.2 Å². The summed E-state index contributed by atoms with van der Waals surface area (Å²) >= 11 is 2.77. The summed E-state index contributed by atoms with van der Waals surface area (Å²) in [6.45, 7) is 4.60. The number of methoxy groups -OCH3 is 1. The third-order valence-corrected chi connectivity index (χ3v) is 7.75. The number of aliphatic hydroxyl groups excluding tert-OH is 1. The van der Waals surface area contributed by atoms with Crippen LogP contribution < -0.4 is 0 Å². The molecule has 1 unspecified atom stereocenters. The number of benzene rings is 1. The fourth-order valence-corrected chi connectivity index (χ4v) is 5.94. The molecule has 0 fully saturated rings. The number of carbonyl (C=O) groups is 2. The summed E-state index contributed by atoms with van der Waals surface area (Å²) in [4.78, 5) is 34.2. The molecule has 1 N–H and O–H groups in total. The number of thiazole rings is 1. The molecule has 166 valence electrons. The van der Waals surface area contributed by atoms with Crippen molar-refractivity contribution in [3.8, 4) is 10.6 Å². The van der Waals surface area contributed by atoms with E-state index < -0.39 is 17.7 Å². The molecule has 1 aliphatic rings. The van der Waals surface area contributed by atoms with Gasteiger partial charge in [0.1, 0.15) is 5.01 Å². The minimum absolute atomic E-state index is 0.129. The lowest BCUT2D eigenvalue weighted by Gasteiger charge is -2.26. The topological polar surface area (TPSA) is 79.7 Å². The molecule has 2 aromatic heterocycles. The van der Waals surface area contributed by atoms with Gasteiger partial charge in [0, 0.05) is 30.7 Å². The molecule has 1 aromatic carbocycles. The summed E-state index contributed by atoms with van der Waals surface area (Å²) in [7, 11) is 1.61. The largest absolute Gasteiger partial charge is 0.503 e. The average molecular weight is 469 g/mol. The van der Waals surface area contributed by atoms with Crippen LogP contribution in [-0.2, 0) is 9.53 Å².